The molecule has 108 valence electrons. The molecule has 1 aliphatic carbocycles. The zero-order valence-electron chi connectivity index (χ0n) is 11.8. The molecule has 20 heavy (non-hydrogen) atoms. The van der Waals surface area contributed by atoms with Crippen molar-refractivity contribution in [3.8, 4) is 5.75 Å². The van der Waals surface area contributed by atoms with Gasteiger partial charge in [-0.1, -0.05) is 19.1 Å². The van der Waals surface area contributed by atoms with E-state index >= 15 is 0 Å². The molecule has 0 spiro atoms. The van der Waals surface area contributed by atoms with E-state index in [4.69, 9.17) is 10.5 Å². The summed E-state index contributed by atoms with van der Waals surface area (Å²) in [6.07, 6.45) is 1.92. The quantitative estimate of drug-likeness (QED) is 0.822. The first-order valence-electron chi connectivity index (χ1n) is 6.78. The Morgan fingerprint density at radius 3 is 2.35 bits per heavy atom. The number of nitrogens with two attached hydrogens (primary N) is 1. The Labute approximate surface area is 118 Å². The molecule has 0 aromatic heterocycles. The molecule has 0 radical (unpaired) electrons. The van der Waals surface area contributed by atoms with Gasteiger partial charge in [-0.3, -0.25) is 9.59 Å². The van der Waals surface area contributed by atoms with Gasteiger partial charge in [-0.05, 0) is 37.0 Å². The number of ether oxygens (including phenoxy) is 1. The maximum atomic E-state index is 12.3. The minimum Gasteiger partial charge on any atom is -0.497 e. The first-order valence-corrected chi connectivity index (χ1v) is 6.78. The van der Waals surface area contributed by atoms with Crippen molar-refractivity contribution < 1.29 is 14.3 Å². The summed E-state index contributed by atoms with van der Waals surface area (Å²) in [6.45, 7) is 1.94. The molecule has 0 aliphatic heterocycles. The molecule has 2 amide bonds. The van der Waals surface area contributed by atoms with Crippen LogP contribution in [0.4, 0.5) is 0 Å². The summed E-state index contributed by atoms with van der Waals surface area (Å²) in [6, 6.07) is 7.39. The molecular formula is C15H20N2O3. The number of carbonyl (C=O) groups excluding carboxylic acids is 2. The molecule has 1 aromatic rings. The third-order valence-corrected chi connectivity index (χ3v) is 3.83. The minimum atomic E-state index is -0.809. The molecule has 2 rings (SSSR count). The topological polar surface area (TPSA) is 81.4 Å². The maximum absolute atomic E-state index is 12.3. The van der Waals surface area contributed by atoms with Crippen molar-refractivity contribution in [2.24, 2.45) is 5.73 Å². The van der Waals surface area contributed by atoms with E-state index < -0.39 is 11.4 Å². The van der Waals surface area contributed by atoms with Gasteiger partial charge in [-0.2, -0.15) is 0 Å². The lowest BCUT2D eigenvalue weighted by molar-refractivity contribution is -0.129. The van der Waals surface area contributed by atoms with E-state index in [0.29, 0.717) is 19.3 Å². The summed E-state index contributed by atoms with van der Waals surface area (Å²) in [5.41, 5.74) is 5.43. The molecule has 1 aromatic carbocycles. The summed E-state index contributed by atoms with van der Waals surface area (Å²) in [7, 11) is 1.60. The van der Waals surface area contributed by atoms with E-state index in [2.05, 4.69) is 5.32 Å². The van der Waals surface area contributed by atoms with Gasteiger partial charge < -0.3 is 15.8 Å². The van der Waals surface area contributed by atoms with Crippen LogP contribution in [0, 0.1) is 0 Å². The van der Waals surface area contributed by atoms with Crippen molar-refractivity contribution >= 4 is 11.8 Å². The van der Waals surface area contributed by atoms with Crippen molar-refractivity contribution in [1.29, 1.82) is 0 Å². The SMILES string of the molecule is CCC(C(=O)NC1(C(N)=O)CC1)c1ccc(OC)cc1. The van der Waals surface area contributed by atoms with Crippen LogP contribution >= 0.6 is 0 Å². The van der Waals surface area contributed by atoms with Gasteiger partial charge in [-0.25, -0.2) is 0 Å². The Morgan fingerprint density at radius 1 is 1.35 bits per heavy atom. The predicted octanol–water partition coefficient (Wildman–Crippen LogP) is 1.32. The van der Waals surface area contributed by atoms with Crippen molar-refractivity contribution in [3.05, 3.63) is 29.8 Å². The highest BCUT2D eigenvalue weighted by molar-refractivity contribution is 5.95. The summed E-state index contributed by atoms with van der Waals surface area (Å²) < 4.78 is 5.10. The highest BCUT2D eigenvalue weighted by Gasteiger charge is 2.50. The van der Waals surface area contributed by atoms with Gasteiger partial charge in [0.1, 0.15) is 11.3 Å². The smallest absolute Gasteiger partial charge is 0.243 e. The Hall–Kier alpha value is -2.04. The zero-order valence-corrected chi connectivity index (χ0v) is 11.8. The minimum absolute atomic E-state index is 0.144. The van der Waals surface area contributed by atoms with Gasteiger partial charge >= 0.3 is 0 Å². The van der Waals surface area contributed by atoms with Gasteiger partial charge in [0.05, 0.1) is 13.0 Å². The fourth-order valence-electron chi connectivity index (χ4n) is 2.29. The Bertz CT molecular complexity index is 506. The van der Waals surface area contributed by atoms with Crippen LogP contribution in [0.3, 0.4) is 0 Å². The molecule has 1 unspecified atom stereocenters. The van der Waals surface area contributed by atoms with E-state index in [9.17, 15) is 9.59 Å². The number of carbonyl (C=O) groups is 2. The van der Waals surface area contributed by atoms with Gasteiger partial charge in [0.2, 0.25) is 11.8 Å². The molecule has 0 bridgehead atoms. The van der Waals surface area contributed by atoms with Crippen LogP contribution < -0.4 is 15.8 Å². The van der Waals surface area contributed by atoms with Gasteiger partial charge in [-0.15, -0.1) is 0 Å². The number of primary amides is 1. The highest BCUT2D eigenvalue weighted by atomic mass is 16.5. The Kier molecular flexibility index (Phi) is 3.97. The Morgan fingerprint density at radius 2 is 1.95 bits per heavy atom. The van der Waals surface area contributed by atoms with Crippen LogP contribution in [0.2, 0.25) is 0 Å². The number of hydrogen-bond acceptors (Lipinski definition) is 3. The number of hydrogen-bond donors (Lipinski definition) is 2. The predicted molar refractivity (Wildman–Crippen MR) is 75.3 cm³/mol. The van der Waals surface area contributed by atoms with Crippen LogP contribution in [-0.4, -0.2) is 24.5 Å². The number of methoxy groups -OCH3 is 1. The fraction of sp³-hybridized carbons (Fsp3) is 0.467. The molecule has 0 saturated heterocycles. The molecular weight excluding hydrogens is 256 g/mol. The largest absolute Gasteiger partial charge is 0.497 e. The number of nitrogens with one attached hydrogen (secondary N) is 1. The van der Waals surface area contributed by atoms with Crippen molar-refractivity contribution in [2.45, 2.75) is 37.6 Å². The number of amides is 2. The first-order chi connectivity index (χ1) is 9.52. The molecule has 1 atom stereocenters. The second-order valence-electron chi connectivity index (χ2n) is 5.17. The van der Waals surface area contributed by atoms with Crippen LogP contribution in [0.1, 0.15) is 37.7 Å². The first kappa shape index (κ1) is 14.4. The molecule has 1 fully saturated rings. The van der Waals surface area contributed by atoms with Gasteiger partial charge in [0, 0.05) is 0 Å². The lowest BCUT2D eigenvalue weighted by Gasteiger charge is -2.20. The van der Waals surface area contributed by atoms with Crippen LogP contribution in [0.5, 0.6) is 5.75 Å². The molecule has 1 aliphatic rings. The average molecular weight is 276 g/mol. The average Bonchev–Trinajstić information content (AvgIpc) is 3.21. The summed E-state index contributed by atoms with van der Waals surface area (Å²) in [4.78, 5) is 23.7. The fourth-order valence-corrected chi connectivity index (χ4v) is 2.29. The molecule has 5 heteroatoms. The summed E-state index contributed by atoms with van der Waals surface area (Å²) >= 11 is 0. The van der Waals surface area contributed by atoms with E-state index in [1.54, 1.807) is 7.11 Å². The number of rotatable bonds is 6. The van der Waals surface area contributed by atoms with Crippen molar-refractivity contribution in [1.82, 2.24) is 5.32 Å². The standard InChI is InChI=1S/C15H20N2O3/c1-3-12(10-4-6-11(20-2)7-5-10)13(18)17-15(8-9-15)14(16)19/h4-7,12H,3,8-9H2,1-2H3,(H2,16,19)(H,17,18). The van der Waals surface area contributed by atoms with Crippen molar-refractivity contribution in [2.75, 3.05) is 7.11 Å². The molecule has 3 N–H and O–H groups in total. The van der Waals surface area contributed by atoms with Crippen LogP contribution in [-0.2, 0) is 9.59 Å². The van der Waals surface area contributed by atoms with Crippen LogP contribution in [0.15, 0.2) is 24.3 Å². The summed E-state index contributed by atoms with van der Waals surface area (Å²) in [5.74, 6) is -0.123. The van der Waals surface area contributed by atoms with E-state index in [1.807, 2.05) is 31.2 Å². The monoisotopic (exact) mass is 276 g/mol. The Balaban J connectivity index is 2.11. The third kappa shape index (κ3) is 2.76. The van der Waals surface area contributed by atoms with E-state index in [0.717, 1.165) is 11.3 Å². The molecule has 0 heterocycles. The van der Waals surface area contributed by atoms with E-state index in [1.165, 1.54) is 0 Å². The zero-order chi connectivity index (χ0) is 14.8. The number of benzene rings is 1. The molecule has 1 saturated carbocycles. The normalized spacial score (nSPS) is 17.1. The van der Waals surface area contributed by atoms with Gasteiger partial charge in [0.15, 0.2) is 0 Å². The van der Waals surface area contributed by atoms with Crippen LogP contribution in [0.25, 0.3) is 0 Å². The lowest BCUT2D eigenvalue weighted by atomic mass is 9.95. The maximum Gasteiger partial charge on any atom is 0.243 e. The second kappa shape index (κ2) is 5.53. The van der Waals surface area contributed by atoms with Crippen molar-refractivity contribution in [3.63, 3.8) is 0 Å². The summed E-state index contributed by atoms with van der Waals surface area (Å²) in [5, 5.41) is 2.80. The van der Waals surface area contributed by atoms with Gasteiger partial charge in [0.25, 0.3) is 0 Å². The molecule has 5 nitrogen and oxygen atoms in total. The third-order valence-electron chi connectivity index (χ3n) is 3.83. The van der Waals surface area contributed by atoms with E-state index in [-0.39, 0.29) is 11.8 Å². The second-order valence-corrected chi connectivity index (χ2v) is 5.17. The lowest BCUT2D eigenvalue weighted by Crippen LogP contribution is -2.48. The highest BCUT2D eigenvalue weighted by Crippen LogP contribution is 2.36.